The number of hydrogen-bond acceptors (Lipinski definition) is 2. The maximum absolute atomic E-state index is 4.28. The van der Waals surface area contributed by atoms with Crippen molar-refractivity contribution < 1.29 is 0 Å². The molecule has 0 aliphatic carbocycles. The molecule has 0 fully saturated rings. The van der Waals surface area contributed by atoms with E-state index in [2.05, 4.69) is 16.0 Å². The molecule has 0 spiro atoms. The number of hydrogen-bond donors (Lipinski definition) is 0. The van der Waals surface area contributed by atoms with Crippen molar-refractivity contribution in [3.8, 4) is 11.3 Å². The molecule has 1 aromatic carbocycles. The molecule has 1 radical (unpaired) electrons. The molecule has 2 rings (SSSR count). The molecule has 0 unspecified atom stereocenters. The van der Waals surface area contributed by atoms with Crippen LogP contribution in [0.5, 0.6) is 0 Å². The van der Waals surface area contributed by atoms with Gasteiger partial charge in [0.15, 0.2) is 0 Å². The molecular weight excluding hydrogens is 160 g/mol. The van der Waals surface area contributed by atoms with E-state index in [1.807, 2.05) is 37.3 Å². The Kier molecular flexibility index (Phi) is 2.04. The number of benzene rings is 1. The predicted octanol–water partition coefficient (Wildman–Crippen LogP) is 2.25. The summed E-state index contributed by atoms with van der Waals surface area (Å²) in [6.07, 6.45) is 1.66. The quantitative estimate of drug-likeness (QED) is 0.654. The average Bonchev–Trinajstić information content (AvgIpc) is 2.19. The third-order valence-corrected chi connectivity index (χ3v) is 1.77. The van der Waals surface area contributed by atoms with Crippen LogP contribution in [-0.4, -0.2) is 9.97 Å². The Morgan fingerprint density at radius 3 is 2.62 bits per heavy atom. The van der Waals surface area contributed by atoms with E-state index in [4.69, 9.17) is 0 Å². The van der Waals surface area contributed by atoms with Crippen LogP contribution in [-0.2, 0) is 0 Å². The third-order valence-electron chi connectivity index (χ3n) is 1.77. The van der Waals surface area contributed by atoms with E-state index in [0.29, 0.717) is 0 Å². The van der Waals surface area contributed by atoms with Gasteiger partial charge in [0.05, 0.1) is 5.69 Å². The van der Waals surface area contributed by atoms with Gasteiger partial charge in [-0.05, 0) is 6.92 Å². The molecule has 0 aliphatic heterocycles. The standard InChI is InChI=1S/C11H9N2/c1-9-12-8-7-11(13-9)10-5-3-2-4-6-10/h2-6,8H,1H3. The summed E-state index contributed by atoms with van der Waals surface area (Å²) in [6.45, 7) is 1.88. The fraction of sp³-hybridized carbons (Fsp3) is 0.0909. The fourth-order valence-electron chi connectivity index (χ4n) is 1.15. The van der Waals surface area contributed by atoms with Gasteiger partial charge in [0.2, 0.25) is 0 Å². The summed E-state index contributed by atoms with van der Waals surface area (Å²) in [5.41, 5.74) is 1.93. The molecule has 0 amide bonds. The van der Waals surface area contributed by atoms with Gasteiger partial charge in [-0.2, -0.15) is 0 Å². The number of nitrogens with zero attached hydrogens (tertiary/aromatic N) is 2. The summed E-state index contributed by atoms with van der Waals surface area (Å²) in [4.78, 5) is 8.28. The molecule has 1 aromatic heterocycles. The van der Waals surface area contributed by atoms with E-state index < -0.39 is 0 Å². The predicted molar refractivity (Wildman–Crippen MR) is 51.0 cm³/mol. The minimum absolute atomic E-state index is 0.776. The normalized spacial score (nSPS) is 9.92. The highest BCUT2D eigenvalue weighted by molar-refractivity contribution is 5.57. The Labute approximate surface area is 77.3 Å². The molecule has 63 valence electrons. The van der Waals surface area contributed by atoms with E-state index in [-0.39, 0.29) is 0 Å². The van der Waals surface area contributed by atoms with Gasteiger partial charge in [-0.25, -0.2) is 9.97 Å². The highest BCUT2D eigenvalue weighted by Crippen LogP contribution is 2.14. The molecule has 2 aromatic rings. The van der Waals surface area contributed by atoms with Crippen molar-refractivity contribution >= 4 is 0 Å². The highest BCUT2D eigenvalue weighted by atomic mass is 14.9. The van der Waals surface area contributed by atoms with E-state index in [9.17, 15) is 0 Å². The first-order valence-electron chi connectivity index (χ1n) is 4.13. The van der Waals surface area contributed by atoms with Gasteiger partial charge in [0, 0.05) is 17.8 Å². The van der Waals surface area contributed by atoms with Crippen molar-refractivity contribution in [1.29, 1.82) is 0 Å². The Bertz CT molecular complexity index is 396. The monoisotopic (exact) mass is 169 g/mol. The molecule has 0 bridgehead atoms. The minimum atomic E-state index is 0.776. The summed E-state index contributed by atoms with van der Waals surface area (Å²) in [5.74, 6) is 0.776. The van der Waals surface area contributed by atoms with Gasteiger partial charge >= 0.3 is 0 Å². The molecule has 13 heavy (non-hydrogen) atoms. The van der Waals surface area contributed by atoms with Crippen LogP contribution in [0.4, 0.5) is 0 Å². The summed E-state index contributed by atoms with van der Waals surface area (Å²) < 4.78 is 0. The van der Waals surface area contributed by atoms with Gasteiger partial charge in [-0.15, -0.1) is 0 Å². The summed E-state index contributed by atoms with van der Waals surface area (Å²) in [6, 6.07) is 13.0. The first-order valence-corrected chi connectivity index (χ1v) is 4.13. The third kappa shape index (κ3) is 1.72. The maximum Gasteiger partial charge on any atom is 0.125 e. The zero-order valence-electron chi connectivity index (χ0n) is 7.36. The fourth-order valence-corrected chi connectivity index (χ4v) is 1.15. The minimum Gasteiger partial charge on any atom is -0.241 e. The molecule has 0 saturated carbocycles. The first-order chi connectivity index (χ1) is 6.36. The van der Waals surface area contributed by atoms with Crippen LogP contribution in [0.25, 0.3) is 11.3 Å². The lowest BCUT2D eigenvalue weighted by molar-refractivity contribution is 1.05. The lowest BCUT2D eigenvalue weighted by Gasteiger charge is -1.99. The van der Waals surface area contributed by atoms with Crippen LogP contribution in [0.1, 0.15) is 5.82 Å². The number of aromatic nitrogens is 2. The zero-order chi connectivity index (χ0) is 9.10. The first kappa shape index (κ1) is 7.92. The maximum atomic E-state index is 4.28. The number of rotatable bonds is 1. The lowest BCUT2D eigenvalue weighted by Crippen LogP contribution is -1.89. The van der Waals surface area contributed by atoms with Crippen molar-refractivity contribution in [3.05, 3.63) is 48.4 Å². The van der Waals surface area contributed by atoms with E-state index >= 15 is 0 Å². The van der Waals surface area contributed by atoms with E-state index in [1.165, 1.54) is 0 Å². The van der Waals surface area contributed by atoms with Crippen LogP contribution >= 0.6 is 0 Å². The summed E-state index contributed by atoms with van der Waals surface area (Å²) >= 11 is 0. The molecule has 2 heteroatoms. The van der Waals surface area contributed by atoms with Crippen molar-refractivity contribution in [1.82, 2.24) is 9.97 Å². The Morgan fingerprint density at radius 2 is 1.92 bits per heavy atom. The van der Waals surface area contributed by atoms with E-state index in [1.54, 1.807) is 6.20 Å². The second-order valence-electron chi connectivity index (χ2n) is 2.78. The largest absolute Gasteiger partial charge is 0.241 e. The highest BCUT2D eigenvalue weighted by Gasteiger charge is 1.97. The molecule has 0 aliphatic rings. The second kappa shape index (κ2) is 3.35. The topological polar surface area (TPSA) is 25.8 Å². The molecule has 0 atom stereocenters. The van der Waals surface area contributed by atoms with E-state index in [0.717, 1.165) is 17.1 Å². The van der Waals surface area contributed by atoms with Gasteiger partial charge in [0.1, 0.15) is 5.82 Å². The van der Waals surface area contributed by atoms with Crippen LogP contribution in [0, 0.1) is 13.0 Å². The smallest absolute Gasteiger partial charge is 0.125 e. The van der Waals surface area contributed by atoms with Gasteiger partial charge in [0.25, 0.3) is 0 Å². The molecule has 1 heterocycles. The van der Waals surface area contributed by atoms with Crippen molar-refractivity contribution in [2.45, 2.75) is 6.92 Å². The summed E-state index contributed by atoms with van der Waals surface area (Å²) in [7, 11) is 0. The van der Waals surface area contributed by atoms with Gasteiger partial charge in [-0.3, -0.25) is 0 Å². The summed E-state index contributed by atoms with van der Waals surface area (Å²) in [5, 5.41) is 0. The SMILES string of the molecule is Cc1nc[c]c(-c2ccccc2)n1. The Morgan fingerprint density at radius 1 is 1.15 bits per heavy atom. The average molecular weight is 169 g/mol. The van der Waals surface area contributed by atoms with Crippen molar-refractivity contribution in [2.75, 3.05) is 0 Å². The molecule has 2 nitrogen and oxygen atoms in total. The number of aryl methyl sites for hydroxylation is 1. The Balaban J connectivity index is 2.48. The van der Waals surface area contributed by atoms with Crippen molar-refractivity contribution in [2.24, 2.45) is 0 Å². The van der Waals surface area contributed by atoms with Crippen LogP contribution in [0.15, 0.2) is 36.5 Å². The van der Waals surface area contributed by atoms with Crippen LogP contribution in [0.2, 0.25) is 0 Å². The van der Waals surface area contributed by atoms with Crippen LogP contribution in [0.3, 0.4) is 0 Å². The van der Waals surface area contributed by atoms with Crippen molar-refractivity contribution in [3.63, 3.8) is 0 Å². The molecule has 0 saturated heterocycles. The van der Waals surface area contributed by atoms with Gasteiger partial charge < -0.3 is 0 Å². The zero-order valence-corrected chi connectivity index (χ0v) is 7.36. The Hall–Kier alpha value is -1.70. The lowest BCUT2D eigenvalue weighted by atomic mass is 10.1. The van der Waals surface area contributed by atoms with Gasteiger partial charge in [-0.1, -0.05) is 30.3 Å². The molecule has 0 N–H and O–H groups in total. The second-order valence-corrected chi connectivity index (χ2v) is 2.78. The van der Waals surface area contributed by atoms with Crippen LogP contribution < -0.4 is 0 Å². The molecular formula is C11H9N2.